The first kappa shape index (κ1) is 16.5. The Morgan fingerprint density at radius 2 is 1.79 bits per heavy atom. The number of aromatic carboxylic acids is 1. The Morgan fingerprint density at radius 3 is 2.46 bits per heavy atom. The monoisotopic (exact) mass is 328 g/mol. The summed E-state index contributed by atoms with van der Waals surface area (Å²) in [5, 5.41) is 12.2. The lowest BCUT2D eigenvalue weighted by Gasteiger charge is -2.22. The molecule has 2 aromatic rings. The second kappa shape index (κ2) is 7.45. The zero-order chi connectivity index (χ0) is 16.9. The van der Waals surface area contributed by atoms with E-state index in [4.69, 9.17) is 5.11 Å². The molecule has 2 aromatic carbocycles. The number of rotatable bonds is 6. The molecule has 0 spiro atoms. The van der Waals surface area contributed by atoms with Crippen LogP contribution in [0.3, 0.4) is 0 Å². The summed E-state index contributed by atoms with van der Waals surface area (Å²) in [4.78, 5) is 13.1. The zero-order valence-corrected chi connectivity index (χ0v) is 13.5. The van der Waals surface area contributed by atoms with Crippen LogP contribution in [0.5, 0.6) is 0 Å². The fourth-order valence-electron chi connectivity index (χ4n) is 3.07. The number of nitrogens with one attached hydrogen (secondary N) is 1. The summed E-state index contributed by atoms with van der Waals surface area (Å²) in [7, 11) is 0. The van der Waals surface area contributed by atoms with Crippen LogP contribution in [0, 0.1) is 5.82 Å². The molecule has 1 aliphatic heterocycles. The van der Waals surface area contributed by atoms with Crippen molar-refractivity contribution in [2.75, 3.05) is 18.0 Å². The van der Waals surface area contributed by atoms with Crippen molar-refractivity contribution in [3.8, 4) is 0 Å². The van der Waals surface area contributed by atoms with E-state index in [1.807, 2.05) is 6.07 Å². The molecule has 1 aliphatic rings. The SMILES string of the molecule is O=C(O)c1ccc(CNCc2c(F)cccc2N2CCCC2)cc1. The lowest BCUT2D eigenvalue weighted by Crippen LogP contribution is -2.22. The van der Waals surface area contributed by atoms with Crippen LogP contribution in [0.4, 0.5) is 10.1 Å². The van der Waals surface area contributed by atoms with Gasteiger partial charge in [0.25, 0.3) is 0 Å². The standard InChI is InChI=1S/C19H21FN2O2/c20-17-4-3-5-18(22-10-1-2-11-22)16(17)13-21-12-14-6-8-15(9-7-14)19(23)24/h3-9,21H,1-2,10-13H2,(H,23,24). The summed E-state index contributed by atoms with van der Waals surface area (Å²) in [5.74, 6) is -1.12. The van der Waals surface area contributed by atoms with Crippen LogP contribution in [-0.2, 0) is 13.1 Å². The highest BCUT2D eigenvalue weighted by molar-refractivity contribution is 5.87. The quantitative estimate of drug-likeness (QED) is 0.853. The molecule has 0 bridgehead atoms. The number of carbonyl (C=O) groups is 1. The summed E-state index contributed by atoms with van der Waals surface area (Å²) in [6.07, 6.45) is 2.30. The molecule has 4 nitrogen and oxygen atoms in total. The average Bonchev–Trinajstić information content (AvgIpc) is 3.11. The molecular weight excluding hydrogens is 307 g/mol. The van der Waals surface area contributed by atoms with E-state index in [0.29, 0.717) is 18.7 Å². The number of benzene rings is 2. The van der Waals surface area contributed by atoms with Crippen molar-refractivity contribution in [1.82, 2.24) is 5.32 Å². The first-order valence-corrected chi connectivity index (χ1v) is 8.20. The predicted octanol–water partition coefficient (Wildman–Crippen LogP) is 3.41. The van der Waals surface area contributed by atoms with Crippen molar-refractivity contribution in [2.45, 2.75) is 25.9 Å². The molecule has 0 unspecified atom stereocenters. The maximum atomic E-state index is 14.2. The van der Waals surface area contributed by atoms with Gasteiger partial charge in [-0.1, -0.05) is 18.2 Å². The molecule has 0 atom stereocenters. The lowest BCUT2D eigenvalue weighted by atomic mass is 10.1. The molecule has 3 rings (SSSR count). The van der Waals surface area contributed by atoms with Gasteiger partial charge in [0.2, 0.25) is 0 Å². The third-order valence-corrected chi connectivity index (χ3v) is 4.37. The number of halogens is 1. The minimum absolute atomic E-state index is 0.187. The van der Waals surface area contributed by atoms with E-state index in [2.05, 4.69) is 10.2 Å². The van der Waals surface area contributed by atoms with Crippen molar-refractivity contribution >= 4 is 11.7 Å². The number of nitrogens with zero attached hydrogens (tertiary/aromatic N) is 1. The second-order valence-corrected chi connectivity index (χ2v) is 6.04. The fraction of sp³-hybridized carbons (Fsp3) is 0.316. The van der Waals surface area contributed by atoms with Gasteiger partial charge in [-0.3, -0.25) is 0 Å². The van der Waals surface area contributed by atoms with Crippen LogP contribution in [0.1, 0.15) is 34.3 Å². The number of hydrogen-bond donors (Lipinski definition) is 2. The van der Waals surface area contributed by atoms with Gasteiger partial charge in [0.15, 0.2) is 0 Å². The third kappa shape index (κ3) is 3.74. The van der Waals surface area contributed by atoms with Gasteiger partial charge in [-0.15, -0.1) is 0 Å². The van der Waals surface area contributed by atoms with Gasteiger partial charge < -0.3 is 15.3 Å². The van der Waals surface area contributed by atoms with E-state index in [0.717, 1.165) is 37.2 Å². The molecule has 0 radical (unpaired) electrons. The van der Waals surface area contributed by atoms with Crippen molar-refractivity contribution in [1.29, 1.82) is 0 Å². The van der Waals surface area contributed by atoms with Gasteiger partial charge in [-0.05, 0) is 42.7 Å². The molecule has 1 fully saturated rings. The minimum Gasteiger partial charge on any atom is -0.478 e. The van der Waals surface area contributed by atoms with Crippen LogP contribution in [0.2, 0.25) is 0 Å². The van der Waals surface area contributed by atoms with Crippen molar-refractivity contribution < 1.29 is 14.3 Å². The fourth-order valence-corrected chi connectivity index (χ4v) is 3.07. The highest BCUT2D eigenvalue weighted by Crippen LogP contribution is 2.26. The molecular formula is C19H21FN2O2. The summed E-state index contributed by atoms with van der Waals surface area (Å²) in [6.45, 7) is 2.97. The molecule has 0 aliphatic carbocycles. The molecule has 0 saturated carbocycles. The number of carboxylic acid groups (broad SMARTS) is 1. The molecule has 5 heteroatoms. The van der Waals surface area contributed by atoms with E-state index >= 15 is 0 Å². The molecule has 24 heavy (non-hydrogen) atoms. The lowest BCUT2D eigenvalue weighted by molar-refractivity contribution is 0.0697. The Balaban J connectivity index is 1.65. The van der Waals surface area contributed by atoms with Crippen molar-refractivity contribution in [2.24, 2.45) is 0 Å². The molecule has 1 saturated heterocycles. The van der Waals surface area contributed by atoms with Crippen LogP contribution < -0.4 is 10.2 Å². The molecule has 0 amide bonds. The highest BCUT2D eigenvalue weighted by atomic mass is 19.1. The van der Waals surface area contributed by atoms with Gasteiger partial charge in [0.1, 0.15) is 5.82 Å². The minimum atomic E-state index is -0.934. The van der Waals surface area contributed by atoms with Crippen LogP contribution in [0.25, 0.3) is 0 Å². The maximum Gasteiger partial charge on any atom is 0.335 e. The van der Waals surface area contributed by atoms with E-state index in [1.54, 1.807) is 30.3 Å². The van der Waals surface area contributed by atoms with Gasteiger partial charge in [-0.25, -0.2) is 9.18 Å². The maximum absolute atomic E-state index is 14.2. The molecule has 0 aromatic heterocycles. The zero-order valence-electron chi connectivity index (χ0n) is 13.5. The Morgan fingerprint density at radius 1 is 1.08 bits per heavy atom. The van der Waals surface area contributed by atoms with Crippen LogP contribution in [-0.4, -0.2) is 24.2 Å². The molecule has 126 valence electrons. The molecule has 1 heterocycles. The topological polar surface area (TPSA) is 52.6 Å². The van der Waals surface area contributed by atoms with E-state index in [1.165, 1.54) is 6.07 Å². The van der Waals surface area contributed by atoms with E-state index < -0.39 is 5.97 Å². The van der Waals surface area contributed by atoms with Gasteiger partial charge in [-0.2, -0.15) is 0 Å². The Bertz CT molecular complexity index is 710. The Kier molecular flexibility index (Phi) is 5.11. The largest absolute Gasteiger partial charge is 0.478 e. The first-order chi connectivity index (χ1) is 11.6. The number of carboxylic acids is 1. The highest BCUT2D eigenvalue weighted by Gasteiger charge is 2.17. The smallest absolute Gasteiger partial charge is 0.335 e. The first-order valence-electron chi connectivity index (χ1n) is 8.20. The van der Waals surface area contributed by atoms with Gasteiger partial charge in [0, 0.05) is 37.4 Å². The van der Waals surface area contributed by atoms with Crippen LogP contribution >= 0.6 is 0 Å². The third-order valence-electron chi connectivity index (χ3n) is 4.37. The summed E-state index contributed by atoms with van der Waals surface area (Å²) >= 11 is 0. The average molecular weight is 328 g/mol. The predicted molar refractivity (Wildman–Crippen MR) is 91.8 cm³/mol. The summed E-state index contributed by atoms with van der Waals surface area (Å²) < 4.78 is 14.2. The second-order valence-electron chi connectivity index (χ2n) is 6.04. The molecule has 2 N–H and O–H groups in total. The van der Waals surface area contributed by atoms with Crippen molar-refractivity contribution in [3.05, 3.63) is 65.0 Å². The number of anilines is 1. The van der Waals surface area contributed by atoms with Crippen LogP contribution in [0.15, 0.2) is 42.5 Å². The summed E-state index contributed by atoms with van der Waals surface area (Å²) in [6, 6.07) is 12.0. The summed E-state index contributed by atoms with van der Waals surface area (Å²) in [5.41, 5.74) is 2.91. The van der Waals surface area contributed by atoms with Gasteiger partial charge >= 0.3 is 5.97 Å². The normalized spacial score (nSPS) is 14.1. The van der Waals surface area contributed by atoms with Gasteiger partial charge in [0.05, 0.1) is 5.56 Å². The Hall–Kier alpha value is -2.40. The van der Waals surface area contributed by atoms with E-state index in [9.17, 15) is 9.18 Å². The Labute approximate surface area is 140 Å². The van der Waals surface area contributed by atoms with E-state index in [-0.39, 0.29) is 11.4 Å². The van der Waals surface area contributed by atoms with Crippen molar-refractivity contribution in [3.63, 3.8) is 0 Å². The number of hydrogen-bond acceptors (Lipinski definition) is 3.